The summed E-state index contributed by atoms with van der Waals surface area (Å²) in [6.45, 7) is 2.75. The van der Waals surface area contributed by atoms with Gasteiger partial charge in [-0.05, 0) is 24.6 Å². The molecule has 1 aromatic heterocycles. The zero-order chi connectivity index (χ0) is 18.9. The van der Waals surface area contributed by atoms with Crippen LogP contribution in [-0.2, 0) is 0 Å². The molecular formula is C21H22FN3OS. The first-order chi connectivity index (χ1) is 13.3. The van der Waals surface area contributed by atoms with Gasteiger partial charge in [-0.15, -0.1) is 11.3 Å². The largest absolute Gasteiger partial charge is 0.493 e. The third-order valence-electron chi connectivity index (χ3n) is 3.91. The van der Waals surface area contributed by atoms with E-state index in [2.05, 4.69) is 22.4 Å². The van der Waals surface area contributed by atoms with Crippen LogP contribution in [0.5, 0.6) is 5.75 Å². The quantitative estimate of drug-likeness (QED) is 0.281. The normalized spacial score (nSPS) is 11.0. The van der Waals surface area contributed by atoms with E-state index in [0.29, 0.717) is 23.1 Å². The van der Waals surface area contributed by atoms with Crippen molar-refractivity contribution in [2.45, 2.75) is 26.2 Å². The summed E-state index contributed by atoms with van der Waals surface area (Å²) in [5.41, 5.74) is 5.45. The first-order valence-corrected chi connectivity index (χ1v) is 9.86. The van der Waals surface area contributed by atoms with Crippen molar-refractivity contribution < 1.29 is 9.13 Å². The molecule has 0 saturated carbocycles. The van der Waals surface area contributed by atoms with E-state index in [1.807, 2.05) is 35.7 Å². The molecule has 0 radical (unpaired) electrons. The van der Waals surface area contributed by atoms with Crippen LogP contribution in [0.25, 0.3) is 11.3 Å². The third kappa shape index (κ3) is 5.62. The Hall–Kier alpha value is -2.73. The molecule has 6 heteroatoms. The second kappa shape index (κ2) is 9.83. The lowest BCUT2D eigenvalue weighted by Gasteiger charge is -2.08. The van der Waals surface area contributed by atoms with E-state index >= 15 is 0 Å². The molecule has 0 atom stereocenters. The van der Waals surface area contributed by atoms with E-state index in [0.717, 1.165) is 30.5 Å². The fourth-order valence-electron chi connectivity index (χ4n) is 2.51. The summed E-state index contributed by atoms with van der Waals surface area (Å²) in [6, 6.07) is 14.4. The van der Waals surface area contributed by atoms with Crippen LogP contribution in [0.3, 0.4) is 0 Å². The molecule has 1 heterocycles. The minimum atomic E-state index is -0.321. The average molecular weight is 383 g/mol. The van der Waals surface area contributed by atoms with Gasteiger partial charge in [0.1, 0.15) is 11.6 Å². The Morgan fingerprint density at radius 2 is 2.04 bits per heavy atom. The zero-order valence-corrected chi connectivity index (χ0v) is 16.0. The Kier molecular flexibility index (Phi) is 6.93. The highest BCUT2D eigenvalue weighted by molar-refractivity contribution is 7.14. The van der Waals surface area contributed by atoms with Gasteiger partial charge in [0, 0.05) is 16.5 Å². The molecule has 0 spiro atoms. The molecule has 1 N–H and O–H groups in total. The number of benzene rings is 2. The second-order valence-electron chi connectivity index (χ2n) is 6.01. The summed E-state index contributed by atoms with van der Waals surface area (Å²) >= 11 is 1.46. The number of rotatable bonds is 9. The Labute approximate surface area is 162 Å². The van der Waals surface area contributed by atoms with Gasteiger partial charge in [0.2, 0.25) is 5.13 Å². The topological polar surface area (TPSA) is 46.5 Å². The summed E-state index contributed by atoms with van der Waals surface area (Å²) in [5.74, 6) is 0.306. The monoisotopic (exact) mass is 383 g/mol. The highest BCUT2D eigenvalue weighted by Crippen LogP contribution is 2.24. The molecule has 0 bridgehead atoms. The smallest absolute Gasteiger partial charge is 0.203 e. The van der Waals surface area contributed by atoms with Crippen molar-refractivity contribution in [2.24, 2.45) is 5.10 Å². The maximum atomic E-state index is 13.6. The van der Waals surface area contributed by atoms with Crippen LogP contribution in [0, 0.1) is 5.82 Å². The Morgan fingerprint density at radius 3 is 2.85 bits per heavy atom. The predicted molar refractivity (Wildman–Crippen MR) is 110 cm³/mol. The van der Waals surface area contributed by atoms with Crippen LogP contribution in [0.4, 0.5) is 9.52 Å². The molecule has 0 aliphatic carbocycles. The van der Waals surface area contributed by atoms with Crippen molar-refractivity contribution in [3.8, 4) is 17.0 Å². The van der Waals surface area contributed by atoms with Crippen molar-refractivity contribution in [1.29, 1.82) is 0 Å². The summed E-state index contributed by atoms with van der Waals surface area (Å²) in [4.78, 5) is 4.51. The number of ether oxygens (including phenoxy) is 1. The van der Waals surface area contributed by atoms with E-state index in [-0.39, 0.29) is 5.82 Å². The second-order valence-corrected chi connectivity index (χ2v) is 6.87. The Bertz CT molecular complexity index is 880. The SMILES string of the molecule is CCCCCOc1ccc(F)cc1C=NNc1nc(-c2ccccc2)cs1. The van der Waals surface area contributed by atoms with Gasteiger partial charge in [0.25, 0.3) is 0 Å². The summed E-state index contributed by atoms with van der Waals surface area (Å²) < 4.78 is 19.3. The van der Waals surface area contributed by atoms with Crippen LogP contribution < -0.4 is 10.2 Å². The molecule has 0 amide bonds. The lowest BCUT2D eigenvalue weighted by molar-refractivity contribution is 0.305. The van der Waals surface area contributed by atoms with Crippen molar-refractivity contribution in [3.63, 3.8) is 0 Å². The van der Waals surface area contributed by atoms with E-state index in [9.17, 15) is 4.39 Å². The molecule has 3 rings (SSSR count). The van der Waals surface area contributed by atoms with E-state index in [1.165, 1.54) is 23.5 Å². The summed E-state index contributed by atoms with van der Waals surface area (Å²) in [7, 11) is 0. The first-order valence-electron chi connectivity index (χ1n) is 8.98. The van der Waals surface area contributed by atoms with Crippen LogP contribution in [0.2, 0.25) is 0 Å². The van der Waals surface area contributed by atoms with Gasteiger partial charge in [-0.1, -0.05) is 50.1 Å². The Morgan fingerprint density at radius 1 is 1.19 bits per heavy atom. The standard InChI is InChI=1S/C21H22FN3OS/c1-2-3-7-12-26-20-11-10-18(22)13-17(20)14-23-25-21-24-19(15-27-21)16-8-5-4-6-9-16/h4-6,8-11,13-15H,2-3,7,12H2,1H3,(H,24,25). The van der Waals surface area contributed by atoms with Gasteiger partial charge in [-0.2, -0.15) is 5.10 Å². The number of halogens is 1. The van der Waals surface area contributed by atoms with E-state index in [4.69, 9.17) is 4.74 Å². The first kappa shape index (κ1) is 19.0. The number of hydrogen-bond acceptors (Lipinski definition) is 5. The Balaban J connectivity index is 1.64. The fourth-order valence-corrected chi connectivity index (χ4v) is 3.18. The minimum Gasteiger partial charge on any atom is -0.493 e. The van der Waals surface area contributed by atoms with Gasteiger partial charge < -0.3 is 4.74 Å². The van der Waals surface area contributed by atoms with Gasteiger partial charge in [0.05, 0.1) is 18.5 Å². The molecule has 0 fully saturated rings. The lowest BCUT2D eigenvalue weighted by atomic mass is 10.2. The maximum Gasteiger partial charge on any atom is 0.203 e. The molecule has 2 aromatic carbocycles. The average Bonchev–Trinajstić information content (AvgIpc) is 3.16. The third-order valence-corrected chi connectivity index (χ3v) is 4.66. The molecule has 27 heavy (non-hydrogen) atoms. The number of aromatic nitrogens is 1. The molecule has 0 aliphatic rings. The number of thiazole rings is 1. The van der Waals surface area contributed by atoms with E-state index < -0.39 is 0 Å². The molecule has 4 nitrogen and oxygen atoms in total. The van der Waals surface area contributed by atoms with Gasteiger partial charge in [0.15, 0.2) is 0 Å². The van der Waals surface area contributed by atoms with Crippen LogP contribution in [0.1, 0.15) is 31.7 Å². The van der Waals surface area contributed by atoms with Gasteiger partial charge in [-0.3, -0.25) is 5.43 Å². The molecular weight excluding hydrogens is 361 g/mol. The fraction of sp³-hybridized carbons (Fsp3) is 0.238. The highest BCUT2D eigenvalue weighted by Gasteiger charge is 2.05. The van der Waals surface area contributed by atoms with Crippen molar-refractivity contribution in [1.82, 2.24) is 4.98 Å². The highest BCUT2D eigenvalue weighted by atomic mass is 32.1. The predicted octanol–water partition coefficient (Wildman–Crippen LogP) is 5.96. The van der Waals surface area contributed by atoms with E-state index in [1.54, 1.807) is 12.3 Å². The minimum absolute atomic E-state index is 0.321. The van der Waals surface area contributed by atoms with Crippen LogP contribution in [0.15, 0.2) is 59.0 Å². The van der Waals surface area contributed by atoms with Gasteiger partial charge in [-0.25, -0.2) is 9.37 Å². The molecule has 3 aromatic rings. The molecule has 0 unspecified atom stereocenters. The van der Waals surface area contributed by atoms with Crippen molar-refractivity contribution in [2.75, 3.05) is 12.0 Å². The summed E-state index contributed by atoms with van der Waals surface area (Å²) in [6.07, 6.45) is 4.77. The van der Waals surface area contributed by atoms with Crippen molar-refractivity contribution in [3.05, 3.63) is 65.3 Å². The summed E-state index contributed by atoms with van der Waals surface area (Å²) in [5, 5.41) is 6.83. The van der Waals surface area contributed by atoms with Gasteiger partial charge >= 0.3 is 0 Å². The number of hydrogen-bond donors (Lipinski definition) is 1. The number of hydrazone groups is 1. The van der Waals surface area contributed by atoms with Crippen molar-refractivity contribution >= 4 is 22.7 Å². The number of unbranched alkanes of at least 4 members (excludes halogenated alkanes) is 2. The number of nitrogens with one attached hydrogen (secondary N) is 1. The molecule has 0 saturated heterocycles. The number of nitrogens with zero attached hydrogens (tertiary/aromatic N) is 2. The van der Waals surface area contributed by atoms with Crippen LogP contribution in [-0.4, -0.2) is 17.8 Å². The lowest BCUT2D eigenvalue weighted by Crippen LogP contribution is -2.01. The number of anilines is 1. The zero-order valence-electron chi connectivity index (χ0n) is 15.2. The molecule has 0 aliphatic heterocycles. The van der Waals surface area contributed by atoms with Crippen LogP contribution >= 0.6 is 11.3 Å². The molecule has 140 valence electrons. The maximum absolute atomic E-state index is 13.6.